The van der Waals surface area contributed by atoms with E-state index in [2.05, 4.69) is 18.7 Å². The van der Waals surface area contributed by atoms with Crippen molar-refractivity contribution in [3.63, 3.8) is 0 Å². The van der Waals surface area contributed by atoms with Gasteiger partial charge in [0, 0.05) is 44.2 Å². The van der Waals surface area contributed by atoms with Crippen molar-refractivity contribution in [2.45, 2.75) is 45.7 Å². The Hall–Kier alpha value is -0.650. The van der Waals surface area contributed by atoms with Crippen molar-refractivity contribution in [2.24, 2.45) is 5.73 Å². The molecule has 0 aromatic rings. The summed E-state index contributed by atoms with van der Waals surface area (Å²) in [6.45, 7) is 12.6. The van der Waals surface area contributed by atoms with Crippen LogP contribution in [0.2, 0.25) is 0 Å². The van der Waals surface area contributed by atoms with E-state index in [1.807, 2.05) is 18.7 Å². The summed E-state index contributed by atoms with van der Waals surface area (Å²) in [5, 5.41) is 0. The zero-order chi connectivity index (χ0) is 14.5. The summed E-state index contributed by atoms with van der Waals surface area (Å²) in [5.74, 6) is 0.197. The van der Waals surface area contributed by atoms with Crippen molar-refractivity contribution < 1.29 is 9.53 Å². The van der Waals surface area contributed by atoms with Crippen LogP contribution in [0.25, 0.3) is 0 Å². The van der Waals surface area contributed by atoms with Gasteiger partial charge < -0.3 is 15.4 Å². The monoisotopic (exact) mass is 271 g/mol. The molecule has 0 aliphatic carbocycles. The third kappa shape index (κ3) is 4.16. The highest BCUT2D eigenvalue weighted by atomic mass is 16.5. The van der Waals surface area contributed by atoms with Gasteiger partial charge in [-0.05, 0) is 27.7 Å². The van der Waals surface area contributed by atoms with Gasteiger partial charge in [0.05, 0.1) is 13.2 Å². The molecule has 1 rings (SSSR count). The maximum Gasteiger partial charge on any atom is 0.224 e. The van der Waals surface area contributed by atoms with E-state index >= 15 is 0 Å². The Balaban J connectivity index is 2.69. The average Bonchev–Trinajstić information content (AvgIpc) is 2.37. The van der Waals surface area contributed by atoms with Crippen LogP contribution in [-0.4, -0.2) is 66.7 Å². The second kappa shape index (κ2) is 7.22. The Labute approximate surface area is 117 Å². The second-order valence-electron chi connectivity index (χ2n) is 5.72. The molecular formula is C14H29N3O2. The third-order valence-electron chi connectivity index (χ3n) is 3.95. The van der Waals surface area contributed by atoms with E-state index in [0.29, 0.717) is 19.6 Å². The first-order valence-electron chi connectivity index (χ1n) is 7.28. The standard InChI is InChI=1S/C14H29N3O2/c1-5-16(6-2)13(18)9-12(10-15)17-7-8-19-11-14(17,3)4/h12H,5-11,15H2,1-4H3. The summed E-state index contributed by atoms with van der Waals surface area (Å²) >= 11 is 0. The highest BCUT2D eigenvalue weighted by Crippen LogP contribution is 2.23. The number of hydrogen-bond donors (Lipinski definition) is 1. The van der Waals surface area contributed by atoms with Gasteiger partial charge in [-0.2, -0.15) is 0 Å². The number of rotatable bonds is 6. The average molecular weight is 271 g/mol. The fourth-order valence-electron chi connectivity index (χ4n) is 2.77. The molecule has 5 nitrogen and oxygen atoms in total. The molecule has 1 amide bonds. The van der Waals surface area contributed by atoms with E-state index in [1.165, 1.54) is 0 Å². The van der Waals surface area contributed by atoms with Crippen LogP contribution >= 0.6 is 0 Å². The highest BCUT2D eigenvalue weighted by molar-refractivity contribution is 5.76. The Morgan fingerprint density at radius 2 is 2.05 bits per heavy atom. The number of amides is 1. The maximum absolute atomic E-state index is 12.2. The minimum absolute atomic E-state index is 0.0498. The smallest absolute Gasteiger partial charge is 0.224 e. The molecule has 0 radical (unpaired) electrons. The number of hydrogen-bond acceptors (Lipinski definition) is 4. The summed E-state index contributed by atoms with van der Waals surface area (Å²) in [6.07, 6.45) is 0.502. The van der Waals surface area contributed by atoms with Crippen molar-refractivity contribution in [3.05, 3.63) is 0 Å². The fraction of sp³-hybridized carbons (Fsp3) is 0.929. The number of ether oxygens (including phenoxy) is 1. The number of carbonyl (C=O) groups excluding carboxylic acids is 1. The molecule has 1 atom stereocenters. The van der Waals surface area contributed by atoms with Crippen molar-refractivity contribution in [1.29, 1.82) is 0 Å². The van der Waals surface area contributed by atoms with Crippen LogP contribution in [0.5, 0.6) is 0 Å². The van der Waals surface area contributed by atoms with Crippen LogP contribution in [0.3, 0.4) is 0 Å². The molecule has 5 heteroatoms. The molecule has 1 saturated heterocycles. The summed E-state index contributed by atoms with van der Waals surface area (Å²) < 4.78 is 5.53. The van der Waals surface area contributed by atoms with Crippen LogP contribution < -0.4 is 5.73 Å². The summed E-state index contributed by atoms with van der Waals surface area (Å²) in [4.78, 5) is 16.4. The van der Waals surface area contributed by atoms with Crippen LogP contribution in [0.1, 0.15) is 34.1 Å². The van der Waals surface area contributed by atoms with Gasteiger partial charge in [-0.15, -0.1) is 0 Å². The third-order valence-corrected chi connectivity index (χ3v) is 3.95. The van der Waals surface area contributed by atoms with E-state index in [9.17, 15) is 4.79 Å². The Kier molecular flexibility index (Phi) is 6.23. The topological polar surface area (TPSA) is 58.8 Å². The molecule has 0 spiro atoms. The number of nitrogens with zero attached hydrogens (tertiary/aromatic N) is 2. The lowest BCUT2D eigenvalue weighted by Gasteiger charge is -2.46. The maximum atomic E-state index is 12.2. The molecule has 0 aromatic heterocycles. The predicted octanol–water partition coefficient (Wildman–Crippen LogP) is 0.683. The lowest BCUT2D eigenvalue weighted by Crippen LogP contribution is -2.59. The van der Waals surface area contributed by atoms with Gasteiger partial charge in [-0.3, -0.25) is 9.69 Å². The van der Waals surface area contributed by atoms with Gasteiger partial charge in [0.15, 0.2) is 0 Å². The van der Waals surface area contributed by atoms with Gasteiger partial charge in [0.2, 0.25) is 5.91 Å². The van der Waals surface area contributed by atoms with E-state index in [0.717, 1.165) is 26.2 Å². The quantitative estimate of drug-likeness (QED) is 0.772. The summed E-state index contributed by atoms with van der Waals surface area (Å²) in [7, 11) is 0. The van der Waals surface area contributed by atoms with E-state index < -0.39 is 0 Å². The van der Waals surface area contributed by atoms with Gasteiger partial charge in [-0.25, -0.2) is 0 Å². The first kappa shape index (κ1) is 16.4. The first-order valence-corrected chi connectivity index (χ1v) is 7.28. The van der Waals surface area contributed by atoms with Gasteiger partial charge in [0.25, 0.3) is 0 Å². The Bertz CT molecular complexity index is 290. The molecule has 0 aromatic carbocycles. The van der Waals surface area contributed by atoms with Gasteiger partial charge in [-0.1, -0.05) is 0 Å². The van der Waals surface area contributed by atoms with Crippen molar-refractivity contribution >= 4 is 5.91 Å². The molecule has 1 aliphatic heterocycles. The molecular weight excluding hydrogens is 242 g/mol. The van der Waals surface area contributed by atoms with Crippen molar-refractivity contribution in [3.8, 4) is 0 Å². The van der Waals surface area contributed by atoms with Crippen molar-refractivity contribution in [1.82, 2.24) is 9.80 Å². The molecule has 1 heterocycles. The lowest BCUT2D eigenvalue weighted by atomic mass is 9.97. The van der Waals surface area contributed by atoms with Gasteiger partial charge in [0.1, 0.15) is 0 Å². The highest BCUT2D eigenvalue weighted by Gasteiger charge is 2.36. The molecule has 19 heavy (non-hydrogen) atoms. The zero-order valence-corrected chi connectivity index (χ0v) is 12.8. The van der Waals surface area contributed by atoms with Gasteiger partial charge >= 0.3 is 0 Å². The molecule has 1 unspecified atom stereocenters. The molecule has 112 valence electrons. The predicted molar refractivity (Wildman–Crippen MR) is 77.0 cm³/mol. The van der Waals surface area contributed by atoms with E-state index in [4.69, 9.17) is 10.5 Å². The van der Waals surface area contributed by atoms with E-state index in [-0.39, 0.29) is 17.5 Å². The van der Waals surface area contributed by atoms with E-state index in [1.54, 1.807) is 0 Å². The van der Waals surface area contributed by atoms with Crippen molar-refractivity contribution in [2.75, 3.05) is 39.4 Å². The second-order valence-corrected chi connectivity index (χ2v) is 5.72. The largest absolute Gasteiger partial charge is 0.378 e. The molecule has 1 aliphatic rings. The molecule has 0 bridgehead atoms. The van der Waals surface area contributed by atoms with Crippen LogP contribution in [0.4, 0.5) is 0 Å². The number of nitrogens with two attached hydrogens (primary N) is 1. The SMILES string of the molecule is CCN(CC)C(=O)CC(CN)N1CCOCC1(C)C. The fourth-order valence-corrected chi connectivity index (χ4v) is 2.77. The zero-order valence-electron chi connectivity index (χ0n) is 12.8. The molecule has 0 saturated carbocycles. The van der Waals surface area contributed by atoms with Crippen LogP contribution in [0, 0.1) is 0 Å². The lowest BCUT2D eigenvalue weighted by molar-refractivity contribution is -0.134. The molecule has 2 N–H and O–H groups in total. The summed E-state index contributed by atoms with van der Waals surface area (Å²) in [6, 6.07) is 0.104. The Morgan fingerprint density at radius 1 is 1.42 bits per heavy atom. The first-order chi connectivity index (χ1) is 8.96. The molecule has 1 fully saturated rings. The number of carbonyl (C=O) groups is 1. The van der Waals surface area contributed by atoms with Crippen LogP contribution in [0.15, 0.2) is 0 Å². The number of morpholine rings is 1. The minimum atomic E-state index is -0.0498. The normalized spacial score (nSPS) is 21.1. The Morgan fingerprint density at radius 3 is 2.53 bits per heavy atom. The van der Waals surface area contributed by atoms with Crippen LogP contribution in [-0.2, 0) is 9.53 Å². The summed E-state index contributed by atoms with van der Waals surface area (Å²) in [5.41, 5.74) is 5.85. The minimum Gasteiger partial charge on any atom is -0.378 e.